The number of carbonyl (C=O) groups excluding carboxylic acids is 1. The van der Waals surface area contributed by atoms with E-state index in [0.717, 1.165) is 16.4 Å². The molecule has 0 saturated carbocycles. The summed E-state index contributed by atoms with van der Waals surface area (Å²) in [7, 11) is 0. The Morgan fingerprint density at radius 1 is 1.05 bits per heavy atom. The smallest absolute Gasteiger partial charge is 0.368 e. The van der Waals surface area contributed by atoms with Gasteiger partial charge in [-0.25, -0.2) is 9.07 Å². The highest BCUT2D eigenvalue weighted by Crippen LogP contribution is 2.43. The van der Waals surface area contributed by atoms with Crippen molar-refractivity contribution in [1.82, 2.24) is 14.7 Å². The van der Waals surface area contributed by atoms with Crippen molar-refractivity contribution in [3.63, 3.8) is 0 Å². The number of benzene rings is 2. The van der Waals surface area contributed by atoms with Crippen LogP contribution in [0.2, 0.25) is 10.0 Å². The van der Waals surface area contributed by atoms with Crippen LogP contribution in [0, 0.1) is 5.82 Å². The molecule has 2 aliphatic heterocycles. The topological polar surface area (TPSA) is 53.4 Å². The predicted molar refractivity (Wildman–Crippen MR) is 133 cm³/mol. The quantitative estimate of drug-likeness (QED) is 0.405. The number of hydrogen-bond donors (Lipinski definition) is 1. The molecule has 194 valence electrons. The van der Waals surface area contributed by atoms with Crippen molar-refractivity contribution in [1.29, 1.82) is 0 Å². The molecule has 37 heavy (non-hydrogen) atoms. The van der Waals surface area contributed by atoms with Gasteiger partial charge in [-0.3, -0.25) is 4.79 Å². The van der Waals surface area contributed by atoms with Gasteiger partial charge in [0.2, 0.25) is 0 Å². The second-order valence-electron chi connectivity index (χ2n) is 8.82. The summed E-state index contributed by atoms with van der Waals surface area (Å²) in [5, 5.41) is 7.05. The van der Waals surface area contributed by atoms with E-state index in [1.54, 1.807) is 42.2 Å². The molecule has 1 atom stereocenters. The van der Waals surface area contributed by atoms with Crippen LogP contribution in [0.1, 0.15) is 24.2 Å². The minimum Gasteiger partial charge on any atom is -0.368 e. The number of piperazine rings is 1. The number of halogens is 6. The number of alkyl halides is 3. The highest BCUT2D eigenvalue weighted by atomic mass is 35.5. The maximum absolute atomic E-state index is 13.9. The number of nitrogens with one attached hydrogen (secondary N) is 1. The molecule has 3 heterocycles. The van der Waals surface area contributed by atoms with Crippen LogP contribution in [0.25, 0.3) is 0 Å². The minimum atomic E-state index is -4.68. The van der Waals surface area contributed by atoms with E-state index in [0.29, 0.717) is 37.4 Å². The van der Waals surface area contributed by atoms with Crippen molar-refractivity contribution >= 4 is 40.6 Å². The third-order valence-electron chi connectivity index (χ3n) is 6.53. The summed E-state index contributed by atoms with van der Waals surface area (Å²) < 4.78 is 55.0. The van der Waals surface area contributed by atoms with Crippen LogP contribution in [0.5, 0.6) is 0 Å². The molecule has 0 spiro atoms. The average Bonchev–Trinajstić information content (AvgIpc) is 3.30. The molecular weight excluding hydrogens is 533 g/mol. The maximum Gasteiger partial charge on any atom is 0.435 e. The molecule has 0 bridgehead atoms. The molecule has 12 heteroatoms. The summed E-state index contributed by atoms with van der Waals surface area (Å²) in [6.45, 7) is 3.37. The van der Waals surface area contributed by atoms with Crippen molar-refractivity contribution < 1.29 is 22.4 Å². The van der Waals surface area contributed by atoms with Gasteiger partial charge in [0.1, 0.15) is 17.7 Å². The molecule has 0 aliphatic carbocycles. The number of fused-ring (bicyclic) bond motifs is 1. The molecule has 1 fully saturated rings. The standard InChI is InChI=1S/C25H21Cl2F4N5O/c1-14-21(24(37)35-11-9-34(10-12-35)16-7-5-15(28)6-8-16)23(17-3-2-4-18(26)22(17)27)36-20(32-14)13-19(33-36)25(29,30)31/h2-8,13,23,32H,9-12H2,1H3. The minimum absolute atomic E-state index is 0.0866. The van der Waals surface area contributed by atoms with Gasteiger partial charge in [0.15, 0.2) is 5.69 Å². The summed E-state index contributed by atoms with van der Waals surface area (Å²) in [6.07, 6.45) is -4.68. The number of nitrogens with zero attached hydrogens (tertiary/aromatic N) is 4. The van der Waals surface area contributed by atoms with Gasteiger partial charge in [0.25, 0.3) is 5.91 Å². The van der Waals surface area contributed by atoms with Crippen LogP contribution in [0.3, 0.4) is 0 Å². The molecule has 3 aromatic rings. The molecule has 5 rings (SSSR count). The molecule has 1 N–H and O–H groups in total. The Morgan fingerprint density at radius 3 is 2.38 bits per heavy atom. The van der Waals surface area contributed by atoms with E-state index in [1.807, 2.05) is 4.90 Å². The van der Waals surface area contributed by atoms with Crippen molar-refractivity contribution in [3.05, 3.63) is 86.9 Å². The fourth-order valence-electron chi connectivity index (χ4n) is 4.70. The zero-order chi connectivity index (χ0) is 26.5. The van der Waals surface area contributed by atoms with E-state index in [2.05, 4.69) is 10.4 Å². The van der Waals surface area contributed by atoms with E-state index < -0.39 is 17.9 Å². The second kappa shape index (κ2) is 9.57. The summed E-state index contributed by atoms with van der Waals surface area (Å²) in [6, 6.07) is 10.8. The highest BCUT2D eigenvalue weighted by Gasteiger charge is 2.41. The third kappa shape index (κ3) is 4.75. The Kier molecular flexibility index (Phi) is 6.57. The first kappa shape index (κ1) is 25.4. The zero-order valence-corrected chi connectivity index (χ0v) is 21.0. The monoisotopic (exact) mass is 553 g/mol. The Bertz CT molecular complexity index is 1380. The van der Waals surface area contributed by atoms with Crippen LogP contribution >= 0.6 is 23.2 Å². The zero-order valence-electron chi connectivity index (χ0n) is 19.5. The molecule has 6 nitrogen and oxygen atoms in total. The van der Waals surface area contributed by atoms with Gasteiger partial charge in [0, 0.05) is 49.2 Å². The fourth-order valence-corrected chi connectivity index (χ4v) is 5.11. The van der Waals surface area contributed by atoms with Crippen molar-refractivity contribution in [3.8, 4) is 0 Å². The lowest BCUT2D eigenvalue weighted by atomic mass is 9.94. The van der Waals surface area contributed by atoms with Crippen molar-refractivity contribution in [2.24, 2.45) is 0 Å². The third-order valence-corrected chi connectivity index (χ3v) is 7.36. The second-order valence-corrected chi connectivity index (χ2v) is 9.61. The van der Waals surface area contributed by atoms with Crippen LogP contribution in [-0.4, -0.2) is 46.8 Å². The molecule has 2 aliphatic rings. The summed E-state index contributed by atoms with van der Waals surface area (Å²) in [5.41, 5.74) is 0.735. The molecule has 2 aromatic carbocycles. The average molecular weight is 554 g/mol. The lowest BCUT2D eigenvalue weighted by Gasteiger charge is -2.38. The van der Waals surface area contributed by atoms with Crippen LogP contribution < -0.4 is 10.2 Å². The van der Waals surface area contributed by atoms with Gasteiger partial charge in [-0.15, -0.1) is 0 Å². The van der Waals surface area contributed by atoms with Gasteiger partial charge >= 0.3 is 6.18 Å². The number of hydrogen-bond acceptors (Lipinski definition) is 4. The lowest BCUT2D eigenvalue weighted by Crippen LogP contribution is -2.50. The summed E-state index contributed by atoms with van der Waals surface area (Å²) in [4.78, 5) is 17.5. The Labute approximate surface area is 220 Å². The van der Waals surface area contributed by atoms with E-state index in [1.165, 1.54) is 12.1 Å². The van der Waals surface area contributed by atoms with Crippen molar-refractivity contribution in [2.45, 2.75) is 19.1 Å². The van der Waals surface area contributed by atoms with Gasteiger partial charge in [-0.1, -0.05) is 35.3 Å². The largest absolute Gasteiger partial charge is 0.435 e. The first-order chi connectivity index (χ1) is 17.5. The number of aromatic nitrogens is 2. The SMILES string of the molecule is CC1=C(C(=O)N2CCN(c3ccc(F)cc3)CC2)C(c2cccc(Cl)c2Cl)n2nc(C(F)(F)F)cc2N1. The van der Waals surface area contributed by atoms with E-state index in [4.69, 9.17) is 23.2 Å². The molecule has 0 radical (unpaired) electrons. The summed E-state index contributed by atoms with van der Waals surface area (Å²) >= 11 is 12.7. The molecule has 1 aromatic heterocycles. The van der Waals surface area contributed by atoms with E-state index >= 15 is 0 Å². The normalized spacial score (nSPS) is 18.1. The highest BCUT2D eigenvalue weighted by molar-refractivity contribution is 6.42. The number of amides is 1. The van der Waals surface area contributed by atoms with Gasteiger partial charge in [-0.05, 0) is 37.3 Å². The number of anilines is 2. The number of rotatable bonds is 3. The summed E-state index contributed by atoms with van der Waals surface area (Å²) in [5.74, 6) is -0.592. The van der Waals surface area contributed by atoms with Gasteiger partial charge in [-0.2, -0.15) is 18.3 Å². The maximum atomic E-state index is 13.9. The number of allylic oxidation sites excluding steroid dienone is 1. The van der Waals surface area contributed by atoms with Gasteiger partial charge < -0.3 is 15.1 Å². The fraction of sp³-hybridized carbons (Fsp3) is 0.280. The molecular formula is C25H21Cl2F4N5O. The van der Waals surface area contributed by atoms with Crippen LogP contribution in [-0.2, 0) is 11.0 Å². The molecule has 1 saturated heterocycles. The molecule has 1 amide bonds. The first-order valence-electron chi connectivity index (χ1n) is 11.4. The Hall–Kier alpha value is -3.24. The molecule has 1 unspecified atom stereocenters. The van der Waals surface area contributed by atoms with E-state index in [-0.39, 0.29) is 33.2 Å². The van der Waals surface area contributed by atoms with Gasteiger partial charge in [0.05, 0.1) is 15.6 Å². The Morgan fingerprint density at radius 2 is 1.73 bits per heavy atom. The van der Waals surface area contributed by atoms with Crippen LogP contribution in [0.4, 0.5) is 29.1 Å². The number of carbonyl (C=O) groups is 1. The lowest BCUT2D eigenvalue weighted by molar-refractivity contribution is -0.141. The first-order valence-corrected chi connectivity index (χ1v) is 12.2. The van der Waals surface area contributed by atoms with Crippen LogP contribution in [0.15, 0.2) is 59.8 Å². The van der Waals surface area contributed by atoms with Crippen molar-refractivity contribution in [2.75, 3.05) is 36.4 Å². The Balaban J connectivity index is 1.49. The predicted octanol–water partition coefficient (Wildman–Crippen LogP) is 5.99. The van der Waals surface area contributed by atoms with E-state index in [9.17, 15) is 22.4 Å².